The van der Waals surface area contributed by atoms with E-state index in [9.17, 15) is 0 Å². The van der Waals surface area contributed by atoms with Gasteiger partial charge in [-0.2, -0.15) is 0 Å². The lowest BCUT2D eigenvalue weighted by Crippen LogP contribution is -1.90. The van der Waals surface area contributed by atoms with Gasteiger partial charge in [0.05, 0.1) is 7.11 Å². The predicted octanol–water partition coefficient (Wildman–Crippen LogP) is 3.43. The molecule has 0 radical (unpaired) electrons. The maximum absolute atomic E-state index is 5.78. The average molecular weight is 249 g/mol. The Morgan fingerprint density at radius 1 is 1.27 bits per heavy atom. The summed E-state index contributed by atoms with van der Waals surface area (Å²) in [5.41, 5.74) is 1.27. The third kappa shape index (κ3) is 6.02. The SMILES string of the molecule is COOOSCCCc1ccc(Cl)cc1. The van der Waals surface area contributed by atoms with Gasteiger partial charge in [-0.1, -0.05) is 28.8 Å². The molecule has 0 saturated heterocycles. The fourth-order valence-corrected chi connectivity index (χ4v) is 1.62. The molecule has 5 heteroatoms. The van der Waals surface area contributed by atoms with E-state index in [1.165, 1.54) is 24.7 Å². The number of rotatable bonds is 7. The normalized spacial score (nSPS) is 10.5. The van der Waals surface area contributed by atoms with E-state index in [-0.39, 0.29) is 0 Å². The van der Waals surface area contributed by atoms with Crippen LogP contribution in [0.25, 0.3) is 0 Å². The lowest BCUT2D eigenvalue weighted by molar-refractivity contribution is -0.447. The van der Waals surface area contributed by atoms with Crippen LogP contribution in [0.2, 0.25) is 5.02 Å². The Morgan fingerprint density at radius 2 is 2.00 bits per heavy atom. The van der Waals surface area contributed by atoms with Crippen molar-refractivity contribution < 1.29 is 14.3 Å². The van der Waals surface area contributed by atoms with Crippen LogP contribution in [0.5, 0.6) is 0 Å². The second kappa shape index (κ2) is 7.96. The summed E-state index contributed by atoms with van der Waals surface area (Å²) in [6, 6.07) is 7.85. The van der Waals surface area contributed by atoms with Crippen LogP contribution in [0.4, 0.5) is 0 Å². The molecular formula is C10H13ClO3S. The molecule has 0 aliphatic rings. The first-order chi connectivity index (χ1) is 7.33. The van der Waals surface area contributed by atoms with Crippen LogP contribution in [-0.2, 0) is 20.7 Å². The van der Waals surface area contributed by atoms with Crippen molar-refractivity contribution in [3.8, 4) is 0 Å². The van der Waals surface area contributed by atoms with Crippen molar-refractivity contribution in [2.24, 2.45) is 0 Å². The number of halogens is 1. The fourth-order valence-electron chi connectivity index (χ4n) is 1.07. The maximum Gasteiger partial charge on any atom is 0.0744 e. The Bertz CT molecular complexity index is 266. The van der Waals surface area contributed by atoms with E-state index in [0.29, 0.717) is 0 Å². The fraction of sp³-hybridized carbons (Fsp3) is 0.400. The Labute approximate surface area is 98.7 Å². The van der Waals surface area contributed by atoms with Crippen molar-refractivity contribution in [2.45, 2.75) is 12.8 Å². The molecule has 1 rings (SSSR count). The highest BCUT2D eigenvalue weighted by Crippen LogP contribution is 2.13. The zero-order valence-electron chi connectivity index (χ0n) is 8.44. The van der Waals surface area contributed by atoms with Gasteiger partial charge in [0.1, 0.15) is 0 Å². The van der Waals surface area contributed by atoms with Gasteiger partial charge in [0.15, 0.2) is 0 Å². The summed E-state index contributed by atoms with van der Waals surface area (Å²) in [5.74, 6) is 0.853. The van der Waals surface area contributed by atoms with E-state index in [0.717, 1.165) is 23.6 Å². The van der Waals surface area contributed by atoms with Crippen LogP contribution in [0.3, 0.4) is 0 Å². The first-order valence-corrected chi connectivity index (χ1v) is 5.85. The minimum Gasteiger partial charge on any atom is -0.209 e. The van der Waals surface area contributed by atoms with Crippen LogP contribution < -0.4 is 0 Å². The van der Waals surface area contributed by atoms with E-state index in [1.807, 2.05) is 24.3 Å². The van der Waals surface area contributed by atoms with Crippen molar-refractivity contribution in [1.82, 2.24) is 0 Å². The molecule has 0 heterocycles. The van der Waals surface area contributed by atoms with Crippen molar-refractivity contribution in [3.63, 3.8) is 0 Å². The summed E-state index contributed by atoms with van der Waals surface area (Å²) in [7, 11) is 1.40. The van der Waals surface area contributed by atoms with Gasteiger partial charge in [0.2, 0.25) is 0 Å². The molecule has 84 valence electrons. The Hall–Kier alpha value is -0.260. The Kier molecular flexibility index (Phi) is 6.80. The van der Waals surface area contributed by atoms with Crippen molar-refractivity contribution >= 4 is 23.6 Å². The molecule has 0 N–H and O–H groups in total. The molecule has 0 aliphatic heterocycles. The standard InChI is InChI=1S/C10H13ClO3S/c1-12-13-14-15-8-2-3-9-4-6-10(11)7-5-9/h4-7H,2-3,8H2,1H3. The second-order valence-corrected chi connectivity index (χ2v) is 4.07. The summed E-state index contributed by atoms with van der Waals surface area (Å²) >= 11 is 7.00. The van der Waals surface area contributed by atoms with Crippen LogP contribution in [-0.4, -0.2) is 12.9 Å². The molecule has 0 amide bonds. The monoisotopic (exact) mass is 248 g/mol. The maximum atomic E-state index is 5.78. The van der Waals surface area contributed by atoms with Crippen LogP contribution in [0.15, 0.2) is 24.3 Å². The highest BCUT2D eigenvalue weighted by Gasteiger charge is 1.95. The summed E-state index contributed by atoms with van der Waals surface area (Å²) < 4.78 is 4.61. The van der Waals surface area contributed by atoms with Crippen molar-refractivity contribution in [1.29, 1.82) is 0 Å². The zero-order chi connectivity index (χ0) is 10.9. The molecule has 0 fully saturated rings. The van der Waals surface area contributed by atoms with E-state index in [1.54, 1.807) is 0 Å². The number of hydrogen-bond donors (Lipinski definition) is 0. The summed E-state index contributed by atoms with van der Waals surface area (Å²) in [6.45, 7) is 0. The lowest BCUT2D eigenvalue weighted by Gasteiger charge is -2.01. The summed E-state index contributed by atoms with van der Waals surface area (Å²) in [5, 5.41) is 5.02. The minimum atomic E-state index is 0.768. The molecule has 0 unspecified atom stereocenters. The topological polar surface area (TPSA) is 27.7 Å². The highest BCUT2D eigenvalue weighted by molar-refractivity contribution is 7.94. The highest BCUT2D eigenvalue weighted by atomic mass is 35.5. The van der Waals surface area contributed by atoms with E-state index in [4.69, 9.17) is 11.6 Å². The quantitative estimate of drug-likeness (QED) is 0.320. The molecule has 0 aromatic heterocycles. The van der Waals surface area contributed by atoms with Gasteiger partial charge in [0, 0.05) is 22.8 Å². The van der Waals surface area contributed by atoms with Gasteiger partial charge in [0.25, 0.3) is 0 Å². The smallest absolute Gasteiger partial charge is 0.0744 e. The molecule has 0 saturated carbocycles. The lowest BCUT2D eigenvalue weighted by atomic mass is 10.1. The van der Waals surface area contributed by atoms with Crippen molar-refractivity contribution in [2.75, 3.05) is 12.9 Å². The Morgan fingerprint density at radius 3 is 2.67 bits per heavy atom. The molecular weight excluding hydrogens is 236 g/mol. The molecule has 0 aliphatic carbocycles. The molecule has 1 aromatic carbocycles. The number of hydrogen-bond acceptors (Lipinski definition) is 4. The minimum absolute atomic E-state index is 0.768. The molecule has 0 spiro atoms. The number of aryl methyl sites for hydroxylation is 1. The van der Waals surface area contributed by atoms with Gasteiger partial charge in [-0.15, -0.1) is 4.33 Å². The Balaban J connectivity index is 2.07. The summed E-state index contributed by atoms with van der Waals surface area (Å²) in [6.07, 6.45) is 2.01. The van der Waals surface area contributed by atoms with E-state index in [2.05, 4.69) is 14.3 Å². The van der Waals surface area contributed by atoms with E-state index >= 15 is 0 Å². The molecule has 1 aromatic rings. The first kappa shape index (κ1) is 12.8. The van der Waals surface area contributed by atoms with Crippen LogP contribution in [0, 0.1) is 0 Å². The van der Waals surface area contributed by atoms with E-state index < -0.39 is 0 Å². The van der Waals surface area contributed by atoms with Gasteiger partial charge >= 0.3 is 0 Å². The molecule has 15 heavy (non-hydrogen) atoms. The largest absolute Gasteiger partial charge is 0.209 e. The third-order valence-corrected chi connectivity index (χ3v) is 2.61. The second-order valence-electron chi connectivity index (χ2n) is 2.85. The molecule has 3 nitrogen and oxygen atoms in total. The molecule has 0 atom stereocenters. The average Bonchev–Trinajstić information content (AvgIpc) is 2.26. The molecule has 0 bridgehead atoms. The van der Waals surface area contributed by atoms with Gasteiger partial charge in [-0.05, 0) is 30.5 Å². The number of benzene rings is 1. The third-order valence-electron chi connectivity index (χ3n) is 1.75. The van der Waals surface area contributed by atoms with Gasteiger partial charge in [-0.25, -0.2) is 4.89 Å². The summed E-state index contributed by atoms with van der Waals surface area (Å²) in [4.78, 5) is 4.26. The van der Waals surface area contributed by atoms with Crippen molar-refractivity contribution in [3.05, 3.63) is 34.9 Å². The van der Waals surface area contributed by atoms with Crippen LogP contribution in [0.1, 0.15) is 12.0 Å². The van der Waals surface area contributed by atoms with Crippen LogP contribution >= 0.6 is 23.6 Å². The zero-order valence-corrected chi connectivity index (χ0v) is 10.0. The predicted molar refractivity (Wildman–Crippen MR) is 61.4 cm³/mol. The van der Waals surface area contributed by atoms with Gasteiger partial charge < -0.3 is 0 Å². The first-order valence-electron chi connectivity index (χ1n) is 4.56. The van der Waals surface area contributed by atoms with Gasteiger partial charge in [-0.3, -0.25) is 0 Å².